The summed E-state index contributed by atoms with van der Waals surface area (Å²) in [4.78, 5) is 18.5. The average molecular weight is 500 g/mol. The molecule has 9 heteroatoms. The fourth-order valence-electron chi connectivity index (χ4n) is 3.81. The van der Waals surface area contributed by atoms with E-state index in [0.29, 0.717) is 11.1 Å². The first-order valence-corrected chi connectivity index (χ1v) is 13.1. The summed E-state index contributed by atoms with van der Waals surface area (Å²) in [5.74, 6) is 6.00. The molecule has 1 aromatic heterocycles. The van der Waals surface area contributed by atoms with Gasteiger partial charge in [0.15, 0.2) is 0 Å². The fraction of sp³-hybridized carbons (Fsp3) is 0.462. The maximum absolute atomic E-state index is 13.5. The van der Waals surface area contributed by atoms with Crippen LogP contribution in [0, 0.1) is 23.7 Å². The van der Waals surface area contributed by atoms with Crippen LogP contribution in [0.4, 0.5) is 0 Å². The molecule has 3 atom stereocenters. The predicted molar refractivity (Wildman–Crippen MR) is 133 cm³/mol. The number of fused-ring (bicyclic) bond motifs is 1. The summed E-state index contributed by atoms with van der Waals surface area (Å²) < 4.78 is 34.7. The first-order chi connectivity index (χ1) is 16.5. The van der Waals surface area contributed by atoms with Gasteiger partial charge in [0.05, 0.1) is 18.7 Å². The first kappa shape index (κ1) is 26.7. The van der Waals surface area contributed by atoms with E-state index < -0.39 is 22.2 Å². The Morgan fingerprint density at radius 2 is 2.06 bits per heavy atom. The average Bonchev–Trinajstić information content (AvgIpc) is 2.84. The molecule has 8 nitrogen and oxygen atoms in total. The van der Waals surface area contributed by atoms with Crippen LogP contribution in [-0.4, -0.2) is 72.5 Å². The third-order valence-electron chi connectivity index (χ3n) is 5.88. The van der Waals surface area contributed by atoms with Gasteiger partial charge in [0.2, 0.25) is 10.0 Å². The van der Waals surface area contributed by atoms with E-state index in [1.807, 2.05) is 20.8 Å². The molecule has 1 aliphatic heterocycles. The number of hydrogen-bond acceptors (Lipinski definition) is 6. The second kappa shape index (κ2) is 11.2. The van der Waals surface area contributed by atoms with Crippen LogP contribution >= 0.6 is 0 Å². The fourth-order valence-corrected chi connectivity index (χ4v) is 5.64. The van der Waals surface area contributed by atoms with Crippen molar-refractivity contribution in [2.45, 2.75) is 44.7 Å². The van der Waals surface area contributed by atoms with Crippen molar-refractivity contribution < 1.29 is 23.1 Å². The minimum Gasteiger partial charge on any atom is -0.487 e. The van der Waals surface area contributed by atoms with Gasteiger partial charge < -0.3 is 14.7 Å². The van der Waals surface area contributed by atoms with E-state index in [2.05, 4.69) is 16.8 Å². The molecule has 0 fully saturated rings. The normalized spacial score (nSPS) is 20.4. The van der Waals surface area contributed by atoms with Crippen LogP contribution in [-0.2, 0) is 10.0 Å². The lowest BCUT2D eigenvalue weighted by Crippen LogP contribution is -2.50. The molecule has 188 valence electrons. The number of hydrogen-bond donors (Lipinski definition) is 1. The minimum absolute atomic E-state index is 0.0195. The van der Waals surface area contributed by atoms with Crippen molar-refractivity contribution in [2.24, 2.45) is 11.8 Å². The number of sulfonamides is 1. The highest BCUT2D eigenvalue weighted by molar-refractivity contribution is 7.89. The molecule has 0 unspecified atom stereocenters. The summed E-state index contributed by atoms with van der Waals surface area (Å²) >= 11 is 0. The maximum Gasteiger partial charge on any atom is 0.255 e. The molecule has 2 heterocycles. The lowest BCUT2D eigenvalue weighted by molar-refractivity contribution is 0.0563. The van der Waals surface area contributed by atoms with Gasteiger partial charge in [-0.25, -0.2) is 8.42 Å². The van der Waals surface area contributed by atoms with Gasteiger partial charge in [-0.05, 0) is 37.3 Å². The molecule has 0 bridgehead atoms. The van der Waals surface area contributed by atoms with E-state index in [1.165, 1.54) is 16.6 Å². The van der Waals surface area contributed by atoms with Crippen LogP contribution < -0.4 is 4.74 Å². The zero-order valence-corrected chi connectivity index (χ0v) is 21.6. The molecule has 1 aromatic carbocycles. The van der Waals surface area contributed by atoms with Crippen molar-refractivity contribution in [1.29, 1.82) is 0 Å². The SMILES string of the molecule is CC(C)C#Cc1ccc2c(c1)O[C@@H](CN(C)C(=O)c1cccnc1)[C@H](C)CN([C@H](C)CO)S2(=O)=O. The molecule has 0 saturated carbocycles. The van der Waals surface area contributed by atoms with E-state index >= 15 is 0 Å². The van der Waals surface area contributed by atoms with Gasteiger partial charge >= 0.3 is 0 Å². The Bertz CT molecular complexity index is 1200. The van der Waals surface area contributed by atoms with Crippen molar-refractivity contribution >= 4 is 15.9 Å². The lowest BCUT2D eigenvalue weighted by atomic mass is 10.0. The lowest BCUT2D eigenvalue weighted by Gasteiger charge is -2.37. The summed E-state index contributed by atoms with van der Waals surface area (Å²) in [6, 6.07) is 7.58. The monoisotopic (exact) mass is 499 g/mol. The summed E-state index contributed by atoms with van der Waals surface area (Å²) in [6.45, 7) is 7.56. The third-order valence-corrected chi connectivity index (χ3v) is 7.90. The molecule has 1 amide bonds. The molecule has 1 aliphatic rings. The van der Waals surface area contributed by atoms with Crippen LogP contribution in [0.15, 0.2) is 47.6 Å². The zero-order valence-electron chi connectivity index (χ0n) is 20.8. The summed E-state index contributed by atoms with van der Waals surface area (Å²) in [5.41, 5.74) is 1.10. The van der Waals surface area contributed by atoms with E-state index in [-0.39, 0.29) is 48.1 Å². The number of aromatic nitrogens is 1. The number of aliphatic hydroxyl groups is 1. The number of likely N-dealkylation sites (N-methyl/N-ethyl adjacent to an activating group) is 1. The Morgan fingerprint density at radius 1 is 1.31 bits per heavy atom. The predicted octanol–water partition coefficient (Wildman–Crippen LogP) is 2.63. The Morgan fingerprint density at radius 3 is 2.69 bits per heavy atom. The standard InChI is InChI=1S/C26H33N3O5S/c1-18(2)8-9-21-10-11-25-23(13-21)34-24(16-28(5)26(31)22-7-6-12-27-14-22)19(3)15-29(20(4)17-30)35(25,32)33/h6-7,10-14,18-20,24,30H,15-17H2,1-5H3/t19-,20-,24+/m1/s1. The van der Waals surface area contributed by atoms with Crippen LogP contribution in [0.3, 0.4) is 0 Å². The molecule has 0 radical (unpaired) electrons. The van der Waals surface area contributed by atoms with Gasteiger partial charge in [0, 0.05) is 49.4 Å². The molecule has 35 heavy (non-hydrogen) atoms. The number of carbonyl (C=O) groups is 1. The van der Waals surface area contributed by atoms with Gasteiger partial charge in [-0.1, -0.05) is 32.6 Å². The van der Waals surface area contributed by atoms with Crippen LogP contribution in [0.2, 0.25) is 0 Å². The molecule has 2 aromatic rings. The van der Waals surface area contributed by atoms with E-state index in [0.717, 1.165) is 0 Å². The molecule has 0 aliphatic carbocycles. The number of nitrogens with zero attached hydrogens (tertiary/aromatic N) is 3. The van der Waals surface area contributed by atoms with Crippen molar-refractivity contribution in [3.8, 4) is 17.6 Å². The molecular formula is C26H33N3O5S. The highest BCUT2D eigenvalue weighted by atomic mass is 32.2. The van der Waals surface area contributed by atoms with Gasteiger partial charge in [0.1, 0.15) is 16.7 Å². The van der Waals surface area contributed by atoms with Crippen molar-refractivity contribution in [3.63, 3.8) is 0 Å². The molecule has 1 N–H and O–H groups in total. The number of amides is 1. The van der Waals surface area contributed by atoms with E-state index in [9.17, 15) is 18.3 Å². The van der Waals surface area contributed by atoms with Crippen LogP contribution in [0.5, 0.6) is 5.75 Å². The number of pyridine rings is 1. The largest absolute Gasteiger partial charge is 0.487 e. The van der Waals surface area contributed by atoms with Gasteiger partial charge in [-0.2, -0.15) is 4.31 Å². The Hall–Kier alpha value is -2.93. The maximum atomic E-state index is 13.5. The van der Waals surface area contributed by atoms with Crippen LogP contribution in [0.1, 0.15) is 43.6 Å². The Labute approximate surface area is 208 Å². The second-order valence-corrected chi connectivity index (χ2v) is 11.1. The van der Waals surface area contributed by atoms with E-state index in [4.69, 9.17) is 4.74 Å². The topological polar surface area (TPSA) is 100 Å². The summed E-state index contributed by atoms with van der Waals surface area (Å²) in [5, 5.41) is 9.78. The Balaban J connectivity index is 2.02. The van der Waals surface area contributed by atoms with Gasteiger partial charge in [-0.15, -0.1) is 0 Å². The number of aliphatic hydroxyl groups excluding tert-OH is 1. The molecule has 0 saturated heterocycles. The second-order valence-electron chi connectivity index (χ2n) is 9.25. The highest BCUT2D eigenvalue weighted by Gasteiger charge is 2.38. The van der Waals surface area contributed by atoms with E-state index in [1.54, 1.807) is 49.3 Å². The zero-order chi connectivity index (χ0) is 25.8. The minimum atomic E-state index is -3.93. The number of benzene rings is 1. The van der Waals surface area contributed by atoms with Gasteiger partial charge in [-0.3, -0.25) is 9.78 Å². The van der Waals surface area contributed by atoms with Crippen molar-refractivity contribution in [3.05, 3.63) is 53.9 Å². The quantitative estimate of drug-likeness (QED) is 0.635. The number of ether oxygens (including phenoxy) is 1. The van der Waals surface area contributed by atoms with Gasteiger partial charge in [0.25, 0.3) is 5.91 Å². The summed E-state index contributed by atoms with van der Waals surface area (Å²) in [6.07, 6.45) is 2.61. The van der Waals surface area contributed by atoms with Crippen LogP contribution in [0.25, 0.3) is 0 Å². The summed E-state index contributed by atoms with van der Waals surface area (Å²) in [7, 11) is -2.25. The smallest absolute Gasteiger partial charge is 0.255 e. The number of rotatable bonds is 5. The van der Waals surface area contributed by atoms with Crippen molar-refractivity contribution in [1.82, 2.24) is 14.2 Å². The molecule has 3 rings (SSSR count). The molecular weight excluding hydrogens is 466 g/mol. The highest BCUT2D eigenvalue weighted by Crippen LogP contribution is 2.34. The number of carbonyl (C=O) groups excluding carboxylic acids is 1. The first-order valence-electron chi connectivity index (χ1n) is 11.6. The Kier molecular flexibility index (Phi) is 8.54. The third kappa shape index (κ3) is 6.20. The molecule has 0 spiro atoms. The van der Waals surface area contributed by atoms with Crippen molar-refractivity contribution in [2.75, 3.05) is 26.7 Å².